The number of nitrogens with one attached hydrogen (secondary N) is 2. The van der Waals surface area contributed by atoms with E-state index in [-0.39, 0.29) is 17.4 Å². The summed E-state index contributed by atoms with van der Waals surface area (Å²) < 4.78 is 29.6. The Bertz CT molecular complexity index is 1440. The Kier molecular flexibility index (Phi) is 5.20. The molecule has 0 bridgehead atoms. The van der Waals surface area contributed by atoms with E-state index in [9.17, 15) is 9.18 Å². The Balaban J connectivity index is 1.40. The molecule has 2 aromatic heterocycles. The topological polar surface area (TPSA) is 99.9 Å². The number of aromatic amines is 1. The molecule has 11 heteroatoms. The van der Waals surface area contributed by atoms with Crippen LogP contribution >= 0.6 is 22.9 Å². The average molecular weight is 503 g/mol. The molecular weight excluding hydrogens is 482 g/mol. The van der Waals surface area contributed by atoms with E-state index < -0.39 is 17.9 Å². The van der Waals surface area contributed by atoms with Gasteiger partial charge in [-0.05, 0) is 43.0 Å². The predicted octanol–water partition coefficient (Wildman–Crippen LogP) is 4.71. The van der Waals surface area contributed by atoms with E-state index in [1.165, 1.54) is 11.3 Å². The van der Waals surface area contributed by atoms with Crippen molar-refractivity contribution in [3.63, 3.8) is 0 Å². The highest BCUT2D eigenvalue weighted by atomic mass is 35.5. The Labute approximate surface area is 202 Å². The number of amides is 1. The second-order valence-electron chi connectivity index (χ2n) is 8.90. The average Bonchev–Trinajstić information content (AvgIpc) is 3.23. The smallest absolute Gasteiger partial charge is 0.232 e. The summed E-state index contributed by atoms with van der Waals surface area (Å²) in [4.78, 5) is 18.5. The van der Waals surface area contributed by atoms with Gasteiger partial charge in [0.2, 0.25) is 5.91 Å². The summed E-state index contributed by atoms with van der Waals surface area (Å²) in [6.45, 7) is 1.93. The fourth-order valence-electron chi connectivity index (χ4n) is 4.67. The summed E-state index contributed by atoms with van der Waals surface area (Å²) in [5.74, 6) is -1.12. The molecule has 2 fully saturated rings. The number of alkyl halides is 1. The van der Waals surface area contributed by atoms with E-state index >= 15 is 4.39 Å². The molecule has 0 spiro atoms. The van der Waals surface area contributed by atoms with Gasteiger partial charge < -0.3 is 16.0 Å². The molecule has 7 nitrogen and oxygen atoms in total. The summed E-state index contributed by atoms with van der Waals surface area (Å²) in [5, 5.41) is 11.0. The van der Waals surface area contributed by atoms with Crippen molar-refractivity contribution in [2.45, 2.75) is 19.0 Å². The molecule has 4 N–H and O–H groups in total. The summed E-state index contributed by atoms with van der Waals surface area (Å²) in [5.41, 5.74) is 8.77. The molecule has 3 heterocycles. The van der Waals surface area contributed by atoms with Crippen molar-refractivity contribution in [1.82, 2.24) is 15.2 Å². The van der Waals surface area contributed by atoms with Gasteiger partial charge in [-0.3, -0.25) is 9.89 Å². The van der Waals surface area contributed by atoms with Crippen LogP contribution in [-0.4, -0.2) is 46.9 Å². The maximum absolute atomic E-state index is 15.7. The van der Waals surface area contributed by atoms with Crippen LogP contribution in [0.25, 0.3) is 32.2 Å². The van der Waals surface area contributed by atoms with Gasteiger partial charge in [0.15, 0.2) is 10.9 Å². The minimum absolute atomic E-state index is 0.0280. The second kappa shape index (κ2) is 8.14. The Hall–Kier alpha value is -2.82. The van der Waals surface area contributed by atoms with Crippen LogP contribution < -0.4 is 16.0 Å². The first kappa shape index (κ1) is 21.7. The Morgan fingerprint density at radius 2 is 2.24 bits per heavy atom. The molecule has 4 aromatic rings. The minimum Gasteiger partial charge on any atom is -0.367 e. The maximum atomic E-state index is 15.7. The monoisotopic (exact) mass is 502 g/mol. The molecule has 3 atom stereocenters. The van der Waals surface area contributed by atoms with Gasteiger partial charge in [0.05, 0.1) is 32.9 Å². The lowest BCUT2D eigenvalue weighted by molar-refractivity contribution is -0.117. The maximum Gasteiger partial charge on any atom is 0.232 e. The molecule has 1 saturated carbocycles. The van der Waals surface area contributed by atoms with E-state index in [0.29, 0.717) is 58.5 Å². The normalized spacial score (nSPS) is 22.1. The number of aromatic nitrogens is 3. The van der Waals surface area contributed by atoms with Crippen molar-refractivity contribution in [3.05, 3.63) is 35.2 Å². The molecule has 2 aromatic carbocycles. The van der Waals surface area contributed by atoms with Gasteiger partial charge in [-0.25, -0.2) is 13.8 Å². The zero-order chi connectivity index (χ0) is 23.6. The van der Waals surface area contributed by atoms with E-state index in [2.05, 4.69) is 20.5 Å². The number of halogens is 3. The minimum atomic E-state index is -1.07. The summed E-state index contributed by atoms with van der Waals surface area (Å²) in [6.07, 6.45) is 1.74. The van der Waals surface area contributed by atoms with Crippen molar-refractivity contribution in [1.29, 1.82) is 0 Å². The quantitative estimate of drug-likeness (QED) is 0.367. The second-order valence-corrected chi connectivity index (χ2v) is 10.3. The van der Waals surface area contributed by atoms with Gasteiger partial charge in [-0.2, -0.15) is 5.10 Å². The lowest BCUT2D eigenvalue weighted by atomic mass is 10.00. The molecule has 0 radical (unpaired) electrons. The van der Waals surface area contributed by atoms with Crippen LogP contribution in [0.1, 0.15) is 12.8 Å². The van der Waals surface area contributed by atoms with Gasteiger partial charge in [-0.15, -0.1) is 0 Å². The lowest BCUT2D eigenvalue weighted by Gasteiger charge is -2.22. The number of nitrogens with two attached hydrogens (primary N) is 1. The number of nitrogens with zero attached hydrogens (tertiary/aromatic N) is 3. The molecule has 176 valence electrons. The standard InChI is InChI=1S/C23H21ClF2N6OS/c24-18-17(13-8-28-31-20(13)21(19(18)26)32-4-3-10(7-27)9-32)11-1-2-15-16(5-11)34-23(29-15)30-22(33)12-6-14(12)25/h1-2,5,8,10,12,14H,3-4,6-7,9,27H2,(H,28,31)(H,29,30,33)/t10?,12-,14+/m1/s1. The molecule has 1 amide bonds. The van der Waals surface area contributed by atoms with E-state index in [4.69, 9.17) is 17.3 Å². The number of rotatable bonds is 5. The highest BCUT2D eigenvalue weighted by Crippen LogP contribution is 2.44. The van der Waals surface area contributed by atoms with Crippen LogP contribution in [0.2, 0.25) is 5.02 Å². The molecule has 1 saturated heterocycles. The fourth-order valence-corrected chi connectivity index (χ4v) is 5.88. The van der Waals surface area contributed by atoms with Crippen LogP contribution in [0.5, 0.6) is 0 Å². The number of carbonyl (C=O) groups excluding carboxylic acids is 1. The van der Waals surface area contributed by atoms with E-state index in [0.717, 1.165) is 16.5 Å². The Morgan fingerprint density at radius 1 is 1.41 bits per heavy atom. The van der Waals surface area contributed by atoms with Crippen molar-refractivity contribution in [3.8, 4) is 11.1 Å². The number of anilines is 2. The highest BCUT2D eigenvalue weighted by molar-refractivity contribution is 7.22. The molecule has 6 rings (SSSR count). The van der Waals surface area contributed by atoms with Crippen LogP contribution in [0.15, 0.2) is 24.4 Å². The first-order chi connectivity index (χ1) is 16.4. The summed E-state index contributed by atoms with van der Waals surface area (Å²) in [7, 11) is 0. The van der Waals surface area contributed by atoms with Crippen LogP contribution in [0.3, 0.4) is 0 Å². The van der Waals surface area contributed by atoms with E-state index in [1.807, 2.05) is 17.0 Å². The summed E-state index contributed by atoms with van der Waals surface area (Å²) in [6, 6.07) is 5.48. The van der Waals surface area contributed by atoms with Crippen LogP contribution in [0.4, 0.5) is 19.6 Å². The lowest BCUT2D eigenvalue weighted by Crippen LogP contribution is -2.24. The van der Waals surface area contributed by atoms with Gasteiger partial charge in [0.25, 0.3) is 0 Å². The van der Waals surface area contributed by atoms with Gasteiger partial charge in [-0.1, -0.05) is 29.0 Å². The number of benzene rings is 2. The van der Waals surface area contributed by atoms with Crippen molar-refractivity contribution in [2.24, 2.45) is 17.6 Å². The van der Waals surface area contributed by atoms with Crippen molar-refractivity contribution >= 4 is 60.8 Å². The predicted molar refractivity (Wildman–Crippen MR) is 131 cm³/mol. The third-order valence-electron chi connectivity index (χ3n) is 6.66. The van der Waals surface area contributed by atoms with Crippen molar-refractivity contribution in [2.75, 3.05) is 29.9 Å². The molecule has 34 heavy (non-hydrogen) atoms. The molecule has 1 unspecified atom stereocenters. The first-order valence-corrected chi connectivity index (χ1v) is 12.3. The summed E-state index contributed by atoms with van der Waals surface area (Å²) >= 11 is 7.90. The number of hydrogen-bond donors (Lipinski definition) is 3. The number of fused-ring (bicyclic) bond motifs is 2. The van der Waals surface area contributed by atoms with Gasteiger partial charge >= 0.3 is 0 Å². The van der Waals surface area contributed by atoms with Crippen LogP contribution in [0, 0.1) is 17.7 Å². The largest absolute Gasteiger partial charge is 0.367 e. The van der Waals surface area contributed by atoms with Gasteiger partial charge in [0.1, 0.15) is 11.9 Å². The molecule has 2 aliphatic rings. The third kappa shape index (κ3) is 3.52. The number of thiazole rings is 1. The number of carbonyl (C=O) groups is 1. The van der Waals surface area contributed by atoms with Crippen LogP contribution in [-0.2, 0) is 4.79 Å². The fraction of sp³-hybridized carbons (Fsp3) is 0.348. The molecule has 1 aliphatic carbocycles. The zero-order valence-corrected chi connectivity index (χ0v) is 19.5. The van der Waals surface area contributed by atoms with Crippen molar-refractivity contribution < 1.29 is 13.6 Å². The number of H-pyrrole nitrogens is 1. The molecule has 1 aliphatic heterocycles. The Morgan fingerprint density at radius 3 is 2.97 bits per heavy atom. The molecular formula is C23H21ClF2N6OS. The number of hydrogen-bond acceptors (Lipinski definition) is 6. The van der Waals surface area contributed by atoms with Gasteiger partial charge in [0, 0.05) is 24.0 Å². The zero-order valence-electron chi connectivity index (χ0n) is 17.9. The third-order valence-corrected chi connectivity index (χ3v) is 7.95. The highest BCUT2D eigenvalue weighted by Gasteiger charge is 2.44. The SMILES string of the molecule is NCC1CCN(c2c(F)c(Cl)c(-c3ccc4nc(NC(=O)[C@@H]5C[C@@H]5F)sc4c3)c3cn[nH]c23)C1. The van der Waals surface area contributed by atoms with E-state index in [1.54, 1.807) is 12.3 Å². The first-order valence-electron chi connectivity index (χ1n) is 11.1.